The van der Waals surface area contributed by atoms with Crippen LogP contribution < -0.4 is 19.7 Å². The topological polar surface area (TPSA) is 111 Å². The zero-order valence-corrected chi connectivity index (χ0v) is 21.7. The number of methoxy groups -OCH3 is 2. The Bertz CT molecular complexity index is 1450. The Morgan fingerprint density at radius 1 is 1.03 bits per heavy atom. The number of benzene rings is 3. The number of rotatable bonds is 7. The summed E-state index contributed by atoms with van der Waals surface area (Å²) in [7, 11) is 2.67. The van der Waals surface area contributed by atoms with Crippen molar-refractivity contribution in [3.63, 3.8) is 0 Å². The zero-order valence-electron chi connectivity index (χ0n) is 20.1. The zero-order chi connectivity index (χ0) is 27.4. The van der Waals surface area contributed by atoms with Crippen LogP contribution in [0.5, 0.6) is 11.5 Å². The lowest BCUT2D eigenvalue weighted by atomic mass is 10.1. The van der Waals surface area contributed by atoms with Gasteiger partial charge in [-0.25, -0.2) is 18.9 Å². The first kappa shape index (κ1) is 26.6. The monoisotopic (exact) mass is 582 g/mol. The number of hydrogen-bond acceptors (Lipinski definition) is 7. The molecule has 0 aliphatic carbocycles. The van der Waals surface area contributed by atoms with E-state index in [0.29, 0.717) is 21.5 Å². The molecule has 0 atom stereocenters. The van der Waals surface area contributed by atoms with Crippen molar-refractivity contribution in [1.29, 1.82) is 0 Å². The highest BCUT2D eigenvalue weighted by molar-refractivity contribution is 9.10. The molecule has 1 saturated heterocycles. The maximum atomic E-state index is 13.2. The van der Waals surface area contributed by atoms with E-state index in [2.05, 4.69) is 26.0 Å². The first-order valence-electron chi connectivity index (χ1n) is 11.1. The summed E-state index contributed by atoms with van der Waals surface area (Å²) in [6.45, 7) is 0.141. The molecule has 4 rings (SSSR count). The number of hydrogen-bond donors (Lipinski definition) is 1. The molecule has 38 heavy (non-hydrogen) atoms. The predicted molar refractivity (Wildman–Crippen MR) is 138 cm³/mol. The van der Waals surface area contributed by atoms with Gasteiger partial charge in [0, 0.05) is 0 Å². The van der Waals surface area contributed by atoms with E-state index in [-0.39, 0.29) is 29.2 Å². The van der Waals surface area contributed by atoms with Gasteiger partial charge in [-0.3, -0.25) is 14.9 Å². The Kier molecular flexibility index (Phi) is 7.87. The highest BCUT2D eigenvalue weighted by Crippen LogP contribution is 2.38. The molecule has 1 N–H and O–H groups in total. The molecular formula is C27H20BrFN2O7. The van der Waals surface area contributed by atoms with E-state index >= 15 is 0 Å². The van der Waals surface area contributed by atoms with Crippen LogP contribution in [0.15, 0.2) is 70.7 Å². The third-order valence-electron chi connectivity index (χ3n) is 5.51. The van der Waals surface area contributed by atoms with Gasteiger partial charge in [0.15, 0.2) is 11.5 Å². The molecule has 0 saturated carbocycles. The number of anilines is 1. The van der Waals surface area contributed by atoms with Crippen LogP contribution in [0.25, 0.3) is 6.08 Å². The van der Waals surface area contributed by atoms with Crippen LogP contribution in [0.4, 0.5) is 14.9 Å². The minimum Gasteiger partial charge on any atom is -0.493 e. The second kappa shape index (κ2) is 11.3. The fraction of sp³-hybridized carbons (Fsp3) is 0.111. The molecule has 1 aliphatic rings. The van der Waals surface area contributed by atoms with Crippen LogP contribution >= 0.6 is 15.9 Å². The first-order chi connectivity index (χ1) is 18.2. The number of amides is 4. The smallest absolute Gasteiger partial charge is 0.337 e. The van der Waals surface area contributed by atoms with Gasteiger partial charge in [-0.15, -0.1) is 0 Å². The summed E-state index contributed by atoms with van der Waals surface area (Å²) in [6.07, 6.45) is 1.32. The van der Waals surface area contributed by atoms with Gasteiger partial charge in [0.05, 0.1) is 29.9 Å². The summed E-state index contributed by atoms with van der Waals surface area (Å²) in [5.41, 5.74) is 1.24. The van der Waals surface area contributed by atoms with E-state index in [9.17, 15) is 23.6 Å². The van der Waals surface area contributed by atoms with Gasteiger partial charge >= 0.3 is 12.0 Å². The third kappa shape index (κ3) is 5.57. The number of carbonyl (C=O) groups is 4. The standard InChI is InChI=1S/C27H20BrFN2O7/c1-36-22-13-16(12-21(28)23(22)38-14-15-3-7-18(29)8-4-15)11-20-24(32)30-27(35)31(25(20)33)19-9-5-17(6-10-19)26(34)37-2/h3-13H,14H2,1-2H3,(H,30,32,35)/b20-11+. The molecule has 9 nitrogen and oxygen atoms in total. The maximum Gasteiger partial charge on any atom is 0.337 e. The van der Waals surface area contributed by atoms with E-state index in [1.807, 2.05) is 0 Å². The Hall–Kier alpha value is -4.51. The van der Waals surface area contributed by atoms with E-state index in [0.717, 1.165) is 10.5 Å². The number of nitrogens with zero attached hydrogens (tertiary/aromatic N) is 1. The molecule has 194 valence electrons. The normalized spacial score (nSPS) is 14.4. The number of nitrogens with one attached hydrogen (secondary N) is 1. The molecule has 0 unspecified atom stereocenters. The number of imide groups is 2. The third-order valence-corrected chi connectivity index (χ3v) is 6.10. The van der Waals surface area contributed by atoms with Crippen LogP contribution in [0.2, 0.25) is 0 Å². The molecule has 1 heterocycles. The fourth-order valence-electron chi connectivity index (χ4n) is 3.62. The molecule has 1 fully saturated rings. The van der Waals surface area contributed by atoms with Gasteiger partial charge < -0.3 is 14.2 Å². The molecule has 0 bridgehead atoms. The Morgan fingerprint density at radius 3 is 2.34 bits per heavy atom. The minimum atomic E-state index is -0.925. The summed E-state index contributed by atoms with van der Waals surface area (Å²) in [5, 5.41) is 2.15. The number of esters is 1. The molecule has 3 aromatic carbocycles. The predicted octanol–water partition coefficient (Wildman–Crippen LogP) is 4.63. The summed E-state index contributed by atoms with van der Waals surface area (Å²) in [4.78, 5) is 50.7. The maximum absolute atomic E-state index is 13.2. The van der Waals surface area contributed by atoms with Crippen LogP contribution in [0.1, 0.15) is 21.5 Å². The number of carbonyl (C=O) groups excluding carboxylic acids is 4. The highest BCUT2D eigenvalue weighted by Gasteiger charge is 2.37. The van der Waals surface area contributed by atoms with Gasteiger partial charge in [-0.2, -0.15) is 0 Å². The second-order valence-corrected chi connectivity index (χ2v) is 8.80. The van der Waals surface area contributed by atoms with Crippen LogP contribution in [-0.2, 0) is 20.9 Å². The van der Waals surface area contributed by atoms with Gasteiger partial charge in [0.25, 0.3) is 11.8 Å². The molecular weight excluding hydrogens is 563 g/mol. The lowest BCUT2D eigenvalue weighted by Gasteiger charge is -2.26. The second-order valence-electron chi connectivity index (χ2n) is 7.95. The lowest BCUT2D eigenvalue weighted by molar-refractivity contribution is -0.122. The average Bonchev–Trinajstić information content (AvgIpc) is 2.91. The van der Waals surface area contributed by atoms with E-state index in [4.69, 9.17) is 9.47 Å². The summed E-state index contributed by atoms with van der Waals surface area (Å²) >= 11 is 3.42. The van der Waals surface area contributed by atoms with Crippen LogP contribution in [0.3, 0.4) is 0 Å². The van der Waals surface area contributed by atoms with E-state index < -0.39 is 23.8 Å². The molecule has 0 spiro atoms. The van der Waals surface area contributed by atoms with Crippen molar-refractivity contribution in [2.75, 3.05) is 19.1 Å². The van der Waals surface area contributed by atoms with E-state index in [1.54, 1.807) is 24.3 Å². The summed E-state index contributed by atoms with van der Waals surface area (Å²) < 4.78 is 29.6. The van der Waals surface area contributed by atoms with Gasteiger partial charge in [-0.05, 0) is 81.7 Å². The average molecular weight is 583 g/mol. The highest BCUT2D eigenvalue weighted by atomic mass is 79.9. The van der Waals surface area contributed by atoms with Crippen molar-refractivity contribution in [3.05, 3.63) is 93.2 Å². The van der Waals surface area contributed by atoms with Gasteiger partial charge in [0.1, 0.15) is 18.0 Å². The van der Waals surface area contributed by atoms with Gasteiger partial charge in [0.2, 0.25) is 0 Å². The Labute approximate surface area is 224 Å². The number of barbiturate groups is 1. The molecule has 11 heteroatoms. The molecule has 4 amide bonds. The Balaban J connectivity index is 1.61. The number of ether oxygens (including phenoxy) is 3. The van der Waals surface area contributed by atoms with Crippen molar-refractivity contribution < 1.29 is 37.8 Å². The van der Waals surface area contributed by atoms with Crippen molar-refractivity contribution in [1.82, 2.24) is 5.32 Å². The molecule has 3 aromatic rings. The summed E-state index contributed by atoms with van der Waals surface area (Å²) in [5.74, 6) is -1.98. The fourth-order valence-corrected chi connectivity index (χ4v) is 4.20. The van der Waals surface area contributed by atoms with Crippen molar-refractivity contribution in [2.24, 2.45) is 0 Å². The SMILES string of the molecule is COC(=O)c1ccc(N2C(=O)NC(=O)/C(=C\c3cc(Br)c(OCc4ccc(F)cc4)c(OC)c3)C2=O)cc1. The quantitative estimate of drug-likeness (QED) is 0.245. The Morgan fingerprint density at radius 2 is 1.71 bits per heavy atom. The van der Waals surface area contributed by atoms with Crippen LogP contribution in [0, 0.1) is 5.82 Å². The lowest BCUT2D eigenvalue weighted by Crippen LogP contribution is -2.54. The van der Waals surface area contributed by atoms with Gasteiger partial charge in [-0.1, -0.05) is 12.1 Å². The number of urea groups is 1. The minimum absolute atomic E-state index is 0.141. The summed E-state index contributed by atoms with van der Waals surface area (Å²) in [6, 6.07) is 13.7. The molecule has 0 aromatic heterocycles. The van der Waals surface area contributed by atoms with Crippen LogP contribution in [-0.4, -0.2) is 38.0 Å². The molecule has 0 radical (unpaired) electrons. The number of halogens is 2. The largest absolute Gasteiger partial charge is 0.493 e. The first-order valence-corrected chi connectivity index (χ1v) is 11.9. The molecule has 1 aliphatic heterocycles. The van der Waals surface area contributed by atoms with Crippen molar-refractivity contribution in [3.8, 4) is 11.5 Å². The van der Waals surface area contributed by atoms with Crippen molar-refractivity contribution in [2.45, 2.75) is 6.61 Å². The van der Waals surface area contributed by atoms with E-state index in [1.165, 1.54) is 56.7 Å². The van der Waals surface area contributed by atoms with Crippen molar-refractivity contribution >= 4 is 51.5 Å².